The van der Waals surface area contributed by atoms with Crippen molar-refractivity contribution in [1.82, 2.24) is 24.4 Å². The first-order valence-electron chi connectivity index (χ1n) is 10.6. The number of carbonyl (C=O) groups is 1. The highest BCUT2D eigenvalue weighted by Gasteiger charge is 2.35. The van der Waals surface area contributed by atoms with Gasteiger partial charge in [0, 0.05) is 28.4 Å². The molecule has 188 valence electrons. The third-order valence-electron chi connectivity index (χ3n) is 5.33. The van der Waals surface area contributed by atoms with Crippen LogP contribution in [0.15, 0.2) is 66.9 Å². The van der Waals surface area contributed by atoms with E-state index in [1.807, 2.05) is 0 Å². The van der Waals surface area contributed by atoms with Crippen LogP contribution in [-0.4, -0.2) is 30.3 Å². The van der Waals surface area contributed by atoms with E-state index in [4.69, 9.17) is 23.2 Å². The van der Waals surface area contributed by atoms with E-state index in [1.165, 1.54) is 41.2 Å². The number of hydrogen-bond acceptors (Lipinski definition) is 4. The Bertz CT molecular complexity index is 1630. The van der Waals surface area contributed by atoms with Gasteiger partial charge in [-0.3, -0.25) is 9.48 Å². The van der Waals surface area contributed by atoms with Crippen LogP contribution in [0.25, 0.3) is 16.9 Å². The van der Waals surface area contributed by atoms with Crippen LogP contribution < -0.4 is 5.32 Å². The lowest BCUT2D eigenvalue weighted by Gasteiger charge is -2.11. The van der Waals surface area contributed by atoms with Gasteiger partial charge in [-0.15, -0.1) is 0 Å². The van der Waals surface area contributed by atoms with Gasteiger partial charge in [0.15, 0.2) is 22.9 Å². The van der Waals surface area contributed by atoms with Crippen molar-refractivity contribution in [3.63, 3.8) is 0 Å². The molecule has 2 aromatic carbocycles. The lowest BCUT2D eigenvalue weighted by atomic mass is 10.1. The number of carbonyl (C=O) groups excluding carboxylic acids is 1. The fourth-order valence-electron chi connectivity index (χ4n) is 3.59. The summed E-state index contributed by atoms with van der Waals surface area (Å²) in [5.74, 6) is -1.36. The molecule has 0 radical (unpaired) electrons. The highest BCUT2D eigenvalue weighted by Crippen LogP contribution is 2.33. The Kier molecular flexibility index (Phi) is 6.34. The van der Waals surface area contributed by atoms with E-state index in [1.54, 1.807) is 18.2 Å². The van der Waals surface area contributed by atoms with Gasteiger partial charge >= 0.3 is 6.18 Å². The monoisotopic (exact) mass is 548 g/mol. The number of nitrogens with one attached hydrogen (secondary N) is 1. The molecule has 0 spiro atoms. The molecule has 13 heteroatoms. The molecule has 7 nitrogen and oxygen atoms in total. The summed E-state index contributed by atoms with van der Waals surface area (Å²) < 4.78 is 57.3. The van der Waals surface area contributed by atoms with Gasteiger partial charge in [-0.1, -0.05) is 53.5 Å². The molecule has 1 N–H and O–H groups in total. The fraction of sp³-hybridized carbons (Fsp3) is 0.0833. The van der Waals surface area contributed by atoms with E-state index in [0.29, 0.717) is 20.7 Å². The van der Waals surface area contributed by atoms with Gasteiger partial charge in [0.2, 0.25) is 0 Å². The van der Waals surface area contributed by atoms with Gasteiger partial charge in [0.1, 0.15) is 10.8 Å². The van der Waals surface area contributed by atoms with E-state index in [9.17, 15) is 22.4 Å². The fourth-order valence-corrected chi connectivity index (χ4v) is 3.92. The Hall–Kier alpha value is -3.96. The molecule has 3 aromatic heterocycles. The first-order chi connectivity index (χ1) is 17.6. The minimum absolute atomic E-state index is 0.0262. The van der Waals surface area contributed by atoms with Crippen LogP contribution in [0.4, 0.5) is 23.4 Å². The van der Waals surface area contributed by atoms with Gasteiger partial charge in [-0.2, -0.15) is 23.4 Å². The van der Waals surface area contributed by atoms with E-state index in [-0.39, 0.29) is 34.4 Å². The van der Waals surface area contributed by atoms with Crippen molar-refractivity contribution in [2.45, 2.75) is 12.7 Å². The van der Waals surface area contributed by atoms with E-state index in [2.05, 4.69) is 20.5 Å². The molecule has 3 heterocycles. The van der Waals surface area contributed by atoms with Crippen molar-refractivity contribution in [2.24, 2.45) is 0 Å². The molecule has 0 aliphatic carbocycles. The van der Waals surface area contributed by atoms with Gasteiger partial charge < -0.3 is 5.32 Å². The first kappa shape index (κ1) is 24.7. The van der Waals surface area contributed by atoms with Crippen LogP contribution in [-0.2, 0) is 12.7 Å². The Morgan fingerprint density at radius 2 is 1.73 bits per heavy atom. The number of nitrogens with zero attached hydrogens (tertiary/aromatic N) is 5. The molecular formula is C24H14Cl2F4N6O. The highest BCUT2D eigenvalue weighted by atomic mass is 35.5. The SMILES string of the molecule is O=C(Nc1nn(Cc2ccccc2F)cc1Cl)c1cc2nc(-c3ccc(Cl)cc3)cc(C(F)(F)F)n2n1. The number of amides is 1. The van der Waals surface area contributed by atoms with E-state index < -0.39 is 23.6 Å². The van der Waals surface area contributed by atoms with Crippen LogP contribution in [0.1, 0.15) is 21.7 Å². The lowest BCUT2D eigenvalue weighted by molar-refractivity contribution is -0.142. The zero-order valence-corrected chi connectivity index (χ0v) is 20.0. The predicted octanol–water partition coefficient (Wildman–Crippen LogP) is 6.36. The van der Waals surface area contributed by atoms with Crippen molar-refractivity contribution in [1.29, 1.82) is 0 Å². The van der Waals surface area contributed by atoms with Crippen LogP contribution in [0.2, 0.25) is 10.0 Å². The van der Waals surface area contributed by atoms with Crippen molar-refractivity contribution >= 4 is 40.6 Å². The molecule has 0 saturated carbocycles. The second kappa shape index (κ2) is 9.49. The zero-order valence-electron chi connectivity index (χ0n) is 18.5. The lowest BCUT2D eigenvalue weighted by Crippen LogP contribution is -2.16. The average Bonchev–Trinajstić information content (AvgIpc) is 3.43. The maximum absolute atomic E-state index is 13.9. The number of anilines is 1. The van der Waals surface area contributed by atoms with Crippen molar-refractivity contribution in [3.05, 3.63) is 99.7 Å². The summed E-state index contributed by atoms with van der Waals surface area (Å²) >= 11 is 12.0. The maximum Gasteiger partial charge on any atom is 0.433 e. The minimum atomic E-state index is -4.78. The highest BCUT2D eigenvalue weighted by molar-refractivity contribution is 6.33. The third-order valence-corrected chi connectivity index (χ3v) is 5.86. The molecule has 0 atom stereocenters. The number of aromatic nitrogens is 5. The summed E-state index contributed by atoms with van der Waals surface area (Å²) in [6.07, 6.45) is -3.40. The predicted molar refractivity (Wildman–Crippen MR) is 129 cm³/mol. The van der Waals surface area contributed by atoms with Gasteiger partial charge in [-0.05, 0) is 24.3 Å². The summed E-state index contributed by atoms with van der Waals surface area (Å²) in [6.45, 7) is 0.0446. The summed E-state index contributed by atoms with van der Waals surface area (Å²) in [6, 6.07) is 14.2. The third kappa shape index (κ3) is 5.13. The normalized spacial score (nSPS) is 11.7. The average molecular weight is 549 g/mol. The second-order valence-corrected chi connectivity index (χ2v) is 8.74. The standard InChI is InChI=1S/C24H14Cl2F4N6O/c25-15-7-5-13(6-8-15)18-9-20(24(28,29)30)36-21(31-18)10-19(33-36)23(37)32-22-16(26)12-35(34-22)11-14-3-1-2-4-17(14)27/h1-10,12H,11H2,(H,32,34,37). The smallest absolute Gasteiger partial charge is 0.302 e. The topological polar surface area (TPSA) is 77.1 Å². The molecule has 0 bridgehead atoms. The van der Waals surface area contributed by atoms with Crippen LogP contribution >= 0.6 is 23.2 Å². The summed E-state index contributed by atoms with van der Waals surface area (Å²) in [5.41, 5.74) is -0.877. The van der Waals surface area contributed by atoms with Crippen LogP contribution in [0.5, 0.6) is 0 Å². The summed E-state index contributed by atoms with van der Waals surface area (Å²) in [4.78, 5) is 17.1. The molecule has 0 fully saturated rings. The number of alkyl halides is 3. The van der Waals surface area contributed by atoms with E-state index in [0.717, 1.165) is 12.1 Å². The quantitative estimate of drug-likeness (QED) is 0.259. The van der Waals surface area contributed by atoms with Gasteiger partial charge in [-0.25, -0.2) is 13.9 Å². The molecule has 0 aliphatic rings. The molecule has 0 saturated heterocycles. The number of rotatable bonds is 5. The molecule has 0 aliphatic heterocycles. The molecule has 37 heavy (non-hydrogen) atoms. The largest absolute Gasteiger partial charge is 0.433 e. The molecule has 5 aromatic rings. The second-order valence-electron chi connectivity index (χ2n) is 7.90. The first-order valence-corrected chi connectivity index (χ1v) is 11.4. The van der Waals surface area contributed by atoms with Crippen molar-refractivity contribution in [2.75, 3.05) is 5.32 Å². The van der Waals surface area contributed by atoms with Crippen LogP contribution in [0, 0.1) is 5.82 Å². The van der Waals surface area contributed by atoms with Gasteiger partial charge in [0.05, 0.1) is 12.2 Å². The van der Waals surface area contributed by atoms with Crippen LogP contribution in [0.3, 0.4) is 0 Å². The Balaban J connectivity index is 1.45. The van der Waals surface area contributed by atoms with Crippen molar-refractivity contribution < 1.29 is 22.4 Å². The van der Waals surface area contributed by atoms with E-state index >= 15 is 0 Å². The van der Waals surface area contributed by atoms with Crippen molar-refractivity contribution in [3.8, 4) is 11.3 Å². The number of halogens is 6. The van der Waals surface area contributed by atoms with Gasteiger partial charge in [0.25, 0.3) is 5.91 Å². The minimum Gasteiger partial charge on any atom is -0.302 e. The Morgan fingerprint density at radius 1 is 1.00 bits per heavy atom. The Morgan fingerprint density at radius 3 is 2.43 bits per heavy atom. The maximum atomic E-state index is 13.9. The number of fused-ring (bicyclic) bond motifs is 1. The number of benzene rings is 2. The molecule has 1 amide bonds. The zero-order chi connectivity index (χ0) is 26.3. The number of hydrogen-bond donors (Lipinski definition) is 1. The summed E-state index contributed by atoms with van der Waals surface area (Å²) in [5, 5.41) is 10.8. The molecular weight excluding hydrogens is 535 g/mol. The summed E-state index contributed by atoms with van der Waals surface area (Å²) in [7, 11) is 0. The molecule has 0 unspecified atom stereocenters. The molecule has 5 rings (SSSR count). The Labute approximate surface area is 216 Å².